The van der Waals surface area contributed by atoms with E-state index in [-0.39, 0.29) is 11.9 Å². The van der Waals surface area contributed by atoms with Crippen LogP contribution in [0.2, 0.25) is 0 Å². The first-order valence-corrected chi connectivity index (χ1v) is 7.71. The molecule has 0 spiro atoms. The van der Waals surface area contributed by atoms with Crippen LogP contribution in [0.1, 0.15) is 18.4 Å². The molecule has 1 N–H and O–H groups in total. The van der Waals surface area contributed by atoms with Gasteiger partial charge in [-0.15, -0.1) is 0 Å². The van der Waals surface area contributed by atoms with E-state index >= 15 is 0 Å². The molecular weight excluding hydrogens is 322 g/mol. The topological polar surface area (TPSA) is 54.5 Å². The van der Waals surface area contributed by atoms with E-state index in [0.29, 0.717) is 25.8 Å². The van der Waals surface area contributed by atoms with Crippen molar-refractivity contribution >= 4 is 27.7 Å². The van der Waals surface area contributed by atoms with Crippen LogP contribution < -0.4 is 10.2 Å². The van der Waals surface area contributed by atoms with Gasteiger partial charge in [0, 0.05) is 23.3 Å². The van der Waals surface area contributed by atoms with Gasteiger partial charge in [-0.1, -0.05) is 0 Å². The molecular formula is C14H18BrN3O2. The molecule has 0 radical (unpaired) electrons. The number of pyridine rings is 1. The van der Waals surface area contributed by atoms with Crippen molar-refractivity contribution in [3.63, 3.8) is 0 Å². The number of rotatable bonds is 3. The number of ether oxygens (including phenoxy) is 1. The summed E-state index contributed by atoms with van der Waals surface area (Å²) < 4.78 is 6.45. The summed E-state index contributed by atoms with van der Waals surface area (Å²) in [7, 11) is 0. The van der Waals surface area contributed by atoms with Gasteiger partial charge in [-0.25, -0.2) is 4.98 Å². The smallest absolute Gasteiger partial charge is 0.245 e. The molecule has 1 amide bonds. The van der Waals surface area contributed by atoms with Crippen molar-refractivity contribution in [1.29, 1.82) is 0 Å². The Morgan fingerprint density at radius 1 is 1.55 bits per heavy atom. The molecule has 2 heterocycles. The van der Waals surface area contributed by atoms with Crippen molar-refractivity contribution in [1.82, 2.24) is 10.3 Å². The van der Waals surface area contributed by atoms with Crippen LogP contribution in [0.5, 0.6) is 0 Å². The Hall–Kier alpha value is -1.14. The third kappa shape index (κ3) is 2.96. The second-order valence-corrected chi connectivity index (χ2v) is 6.21. The largest absolute Gasteiger partial charge is 0.377 e. The summed E-state index contributed by atoms with van der Waals surface area (Å²) in [5, 5.41) is 3.05. The van der Waals surface area contributed by atoms with Gasteiger partial charge < -0.3 is 15.0 Å². The van der Waals surface area contributed by atoms with Crippen LogP contribution in [0.15, 0.2) is 16.7 Å². The summed E-state index contributed by atoms with van der Waals surface area (Å²) in [5.41, 5.74) is 1.11. The molecule has 1 unspecified atom stereocenters. The van der Waals surface area contributed by atoms with Crippen molar-refractivity contribution in [2.45, 2.75) is 31.8 Å². The van der Waals surface area contributed by atoms with E-state index in [4.69, 9.17) is 4.74 Å². The van der Waals surface area contributed by atoms with Crippen LogP contribution in [0.25, 0.3) is 0 Å². The molecule has 2 fully saturated rings. The molecule has 0 bridgehead atoms. The van der Waals surface area contributed by atoms with Gasteiger partial charge in [0.2, 0.25) is 5.91 Å². The lowest BCUT2D eigenvalue weighted by molar-refractivity contribution is -0.124. The number of hydrogen-bond donors (Lipinski definition) is 1. The summed E-state index contributed by atoms with van der Waals surface area (Å²) in [5.74, 6) is 0.888. The maximum absolute atomic E-state index is 12.3. The molecule has 1 saturated carbocycles. The van der Waals surface area contributed by atoms with Crippen molar-refractivity contribution in [2.75, 3.05) is 24.7 Å². The number of amides is 1. The molecule has 20 heavy (non-hydrogen) atoms. The predicted molar refractivity (Wildman–Crippen MR) is 79.8 cm³/mol. The Kier molecular flexibility index (Phi) is 3.94. The number of morpholine rings is 1. The number of aromatic nitrogens is 1. The average molecular weight is 340 g/mol. The lowest BCUT2D eigenvalue weighted by atomic mass is 10.2. The average Bonchev–Trinajstić information content (AvgIpc) is 3.26. The zero-order valence-corrected chi connectivity index (χ0v) is 13.0. The van der Waals surface area contributed by atoms with Gasteiger partial charge >= 0.3 is 0 Å². The molecule has 5 nitrogen and oxygen atoms in total. The number of carbonyl (C=O) groups is 1. The number of nitrogens with zero attached hydrogens (tertiary/aromatic N) is 2. The lowest BCUT2D eigenvalue weighted by Crippen LogP contribution is -2.54. The molecule has 1 aromatic rings. The fraction of sp³-hybridized carbons (Fsp3) is 0.571. The van der Waals surface area contributed by atoms with Gasteiger partial charge in [0.25, 0.3) is 0 Å². The molecule has 6 heteroatoms. The highest BCUT2D eigenvalue weighted by atomic mass is 79.9. The molecule has 1 aliphatic heterocycles. The van der Waals surface area contributed by atoms with Gasteiger partial charge in [0.15, 0.2) is 0 Å². The fourth-order valence-corrected chi connectivity index (χ4v) is 2.52. The SMILES string of the molecule is Cc1cc(N2CCOCC2C(=O)NC2CC2)ncc1Br. The number of carbonyl (C=O) groups excluding carboxylic acids is 1. The Morgan fingerprint density at radius 2 is 2.35 bits per heavy atom. The highest BCUT2D eigenvalue weighted by Gasteiger charge is 2.33. The minimum Gasteiger partial charge on any atom is -0.377 e. The highest BCUT2D eigenvalue weighted by molar-refractivity contribution is 9.10. The Labute approximate surface area is 126 Å². The van der Waals surface area contributed by atoms with E-state index in [0.717, 1.165) is 28.7 Å². The monoisotopic (exact) mass is 339 g/mol. The van der Waals surface area contributed by atoms with E-state index < -0.39 is 0 Å². The minimum atomic E-state index is -0.280. The molecule has 1 atom stereocenters. The first-order valence-electron chi connectivity index (χ1n) is 6.92. The minimum absolute atomic E-state index is 0.0505. The van der Waals surface area contributed by atoms with Crippen molar-refractivity contribution < 1.29 is 9.53 Å². The van der Waals surface area contributed by atoms with Crippen LogP contribution in [0, 0.1) is 6.92 Å². The fourth-order valence-electron chi connectivity index (χ4n) is 2.30. The molecule has 3 rings (SSSR count). The van der Waals surface area contributed by atoms with Gasteiger partial charge in [-0.3, -0.25) is 4.79 Å². The molecule has 1 aromatic heterocycles. The number of nitrogens with one attached hydrogen (secondary N) is 1. The number of halogens is 1. The quantitative estimate of drug-likeness (QED) is 0.909. The van der Waals surface area contributed by atoms with Crippen LogP contribution in [0.3, 0.4) is 0 Å². The summed E-state index contributed by atoms with van der Waals surface area (Å²) in [4.78, 5) is 18.8. The van der Waals surface area contributed by atoms with Crippen LogP contribution >= 0.6 is 15.9 Å². The lowest BCUT2D eigenvalue weighted by Gasteiger charge is -2.35. The molecule has 108 valence electrons. The Balaban J connectivity index is 1.79. The van der Waals surface area contributed by atoms with Crippen molar-refractivity contribution in [3.8, 4) is 0 Å². The third-order valence-corrected chi connectivity index (χ3v) is 4.51. The van der Waals surface area contributed by atoms with Crippen molar-refractivity contribution in [3.05, 3.63) is 22.3 Å². The first kappa shape index (κ1) is 13.8. The van der Waals surface area contributed by atoms with Crippen LogP contribution in [0.4, 0.5) is 5.82 Å². The normalized spacial score (nSPS) is 22.7. The Bertz CT molecular complexity index is 519. The summed E-state index contributed by atoms with van der Waals surface area (Å²) >= 11 is 3.45. The van der Waals surface area contributed by atoms with E-state index in [1.807, 2.05) is 17.9 Å². The van der Waals surface area contributed by atoms with E-state index in [1.54, 1.807) is 6.20 Å². The van der Waals surface area contributed by atoms with E-state index in [1.165, 1.54) is 0 Å². The maximum Gasteiger partial charge on any atom is 0.245 e. The predicted octanol–water partition coefficient (Wildman–Crippen LogP) is 1.64. The second-order valence-electron chi connectivity index (χ2n) is 5.36. The van der Waals surface area contributed by atoms with Crippen LogP contribution in [-0.2, 0) is 9.53 Å². The van der Waals surface area contributed by atoms with Crippen molar-refractivity contribution in [2.24, 2.45) is 0 Å². The summed E-state index contributed by atoms with van der Waals surface area (Å²) in [6.07, 6.45) is 3.97. The van der Waals surface area contributed by atoms with Gasteiger partial charge in [0.05, 0.1) is 13.2 Å². The zero-order valence-electron chi connectivity index (χ0n) is 11.4. The number of aryl methyl sites for hydroxylation is 1. The summed E-state index contributed by atoms with van der Waals surface area (Å²) in [6, 6.07) is 2.09. The molecule has 1 saturated heterocycles. The number of hydrogen-bond acceptors (Lipinski definition) is 4. The number of anilines is 1. The molecule has 0 aromatic carbocycles. The van der Waals surface area contributed by atoms with Gasteiger partial charge in [-0.2, -0.15) is 0 Å². The maximum atomic E-state index is 12.3. The Morgan fingerprint density at radius 3 is 3.05 bits per heavy atom. The highest BCUT2D eigenvalue weighted by Crippen LogP contribution is 2.24. The van der Waals surface area contributed by atoms with E-state index in [2.05, 4.69) is 26.2 Å². The standard InChI is InChI=1S/C14H18BrN3O2/c1-9-6-13(16-7-11(9)15)18-4-5-20-8-12(18)14(19)17-10-2-3-10/h6-7,10,12H,2-5,8H2,1H3,(H,17,19). The molecule has 1 aliphatic carbocycles. The van der Waals surface area contributed by atoms with E-state index in [9.17, 15) is 4.79 Å². The van der Waals surface area contributed by atoms with Gasteiger partial charge in [0.1, 0.15) is 11.9 Å². The third-order valence-electron chi connectivity index (χ3n) is 3.68. The summed E-state index contributed by atoms with van der Waals surface area (Å²) in [6.45, 7) is 3.77. The molecule has 2 aliphatic rings. The van der Waals surface area contributed by atoms with Crippen LogP contribution in [-0.4, -0.2) is 42.7 Å². The zero-order chi connectivity index (χ0) is 14.1. The van der Waals surface area contributed by atoms with Gasteiger partial charge in [-0.05, 0) is 47.3 Å². The second kappa shape index (κ2) is 5.69. The first-order chi connectivity index (χ1) is 9.65.